The molecule has 29 heavy (non-hydrogen) atoms. The van der Waals surface area contributed by atoms with Gasteiger partial charge in [-0.15, -0.1) is 0 Å². The van der Waals surface area contributed by atoms with Crippen LogP contribution >= 0.6 is 0 Å². The van der Waals surface area contributed by atoms with E-state index in [-0.39, 0.29) is 18.9 Å². The van der Waals surface area contributed by atoms with E-state index in [0.717, 1.165) is 11.1 Å². The standard InChI is InChI=1S/C22H26N2O5/c1-28-21(26)19(15-17-9-4-2-5-10-17)24-20(25)13-8-14-23-22(27)29-16-18-11-6-3-7-12-18/h2-7,9-12,19H,8,13-16H2,1H3,(H,23,27)(H,24,25)/t19-/m0/s1. The van der Waals surface area contributed by atoms with E-state index < -0.39 is 18.1 Å². The number of esters is 1. The molecule has 0 aliphatic carbocycles. The van der Waals surface area contributed by atoms with Crippen molar-refractivity contribution >= 4 is 18.0 Å². The first-order valence-electron chi connectivity index (χ1n) is 9.44. The fraction of sp³-hybridized carbons (Fsp3) is 0.318. The van der Waals surface area contributed by atoms with Gasteiger partial charge in [0.05, 0.1) is 7.11 Å². The van der Waals surface area contributed by atoms with Crippen LogP contribution in [0.1, 0.15) is 24.0 Å². The summed E-state index contributed by atoms with van der Waals surface area (Å²) in [4.78, 5) is 35.8. The van der Waals surface area contributed by atoms with Crippen LogP contribution in [0.3, 0.4) is 0 Å². The highest BCUT2D eigenvalue weighted by atomic mass is 16.5. The zero-order valence-corrected chi connectivity index (χ0v) is 16.4. The first-order chi connectivity index (χ1) is 14.1. The van der Waals surface area contributed by atoms with Crippen molar-refractivity contribution < 1.29 is 23.9 Å². The number of methoxy groups -OCH3 is 1. The molecule has 0 spiro atoms. The van der Waals surface area contributed by atoms with Crippen LogP contribution < -0.4 is 10.6 Å². The minimum atomic E-state index is -0.751. The summed E-state index contributed by atoms with van der Waals surface area (Å²) in [6.45, 7) is 0.482. The van der Waals surface area contributed by atoms with Gasteiger partial charge >= 0.3 is 12.1 Å². The van der Waals surface area contributed by atoms with Crippen LogP contribution in [-0.2, 0) is 32.1 Å². The van der Waals surface area contributed by atoms with Crippen molar-refractivity contribution in [1.82, 2.24) is 10.6 Å². The summed E-state index contributed by atoms with van der Waals surface area (Å²) in [5.74, 6) is -0.777. The van der Waals surface area contributed by atoms with E-state index in [4.69, 9.17) is 9.47 Å². The average Bonchev–Trinajstić information content (AvgIpc) is 2.75. The fourth-order valence-electron chi connectivity index (χ4n) is 2.67. The summed E-state index contributed by atoms with van der Waals surface area (Å²) >= 11 is 0. The van der Waals surface area contributed by atoms with Crippen LogP contribution in [0.4, 0.5) is 4.79 Å². The number of carbonyl (C=O) groups excluding carboxylic acids is 3. The van der Waals surface area contributed by atoms with E-state index in [1.54, 1.807) is 0 Å². The molecule has 0 radical (unpaired) electrons. The third-order valence-electron chi connectivity index (χ3n) is 4.17. The number of hydrogen-bond acceptors (Lipinski definition) is 5. The van der Waals surface area contributed by atoms with Gasteiger partial charge in [0, 0.05) is 19.4 Å². The van der Waals surface area contributed by atoms with E-state index in [0.29, 0.717) is 19.4 Å². The molecule has 0 unspecified atom stereocenters. The fourth-order valence-corrected chi connectivity index (χ4v) is 2.67. The zero-order valence-electron chi connectivity index (χ0n) is 16.4. The molecule has 2 rings (SSSR count). The van der Waals surface area contributed by atoms with Crippen LogP contribution in [0.2, 0.25) is 0 Å². The predicted molar refractivity (Wildman–Crippen MR) is 108 cm³/mol. The Labute approximate surface area is 170 Å². The van der Waals surface area contributed by atoms with Gasteiger partial charge in [-0.3, -0.25) is 4.79 Å². The second kappa shape index (κ2) is 12.2. The van der Waals surface area contributed by atoms with Gasteiger partial charge in [0.25, 0.3) is 0 Å². The van der Waals surface area contributed by atoms with E-state index in [9.17, 15) is 14.4 Å². The molecule has 0 aliphatic heterocycles. The van der Waals surface area contributed by atoms with Crippen LogP contribution in [0.15, 0.2) is 60.7 Å². The molecule has 1 atom stereocenters. The van der Waals surface area contributed by atoms with Gasteiger partial charge in [0.1, 0.15) is 12.6 Å². The second-order valence-electron chi connectivity index (χ2n) is 6.43. The molecule has 2 amide bonds. The number of alkyl carbamates (subject to hydrolysis) is 1. The molecule has 7 nitrogen and oxygen atoms in total. The van der Waals surface area contributed by atoms with Crippen LogP contribution in [0.5, 0.6) is 0 Å². The lowest BCUT2D eigenvalue weighted by Crippen LogP contribution is -2.43. The number of ether oxygens (including phenoxy) is 2. The average molecular weight is 398 g/mol. The highest BCUT2D eigenvalue weighted by molar-refractivity contribution is 5.84. The summed E-state index contributed by atoms with van der Waals surface area (Å²) in [6.07, 6.45) is 0.404. The lowest BCUT2D eigenvalue weighted by molar-refractivity contribution is -0.145. The Kier molecular flexibility index (Phi) is 9.21. The molecule has 0 bridgehead atoms. The van der Waals surface area contributed by atoms with Crippen LogP contribution in [-0.4, -0.2) is 37.7 Å². The summed E-state index contributed by atoms with van der Waals surface area (Å²) < 4.78 is 9.88. The van der Waals surface area contributed by atoms with Gasteiger partial charge < -0.3 is 20.1 Å². The molecule has 0 saturated carbocycles. The Bertz CT molecular complexity index is 780. The van der Waals surface area contributed by atoms with Gasteiger partial charge in [-0.05, 0) is 17.5 Å². The molecule has 0 fully saturated rings. The van der Waals surface area contributed by atoms with Crippen molar-refractivity contribution in [3.63, 3.8) is 0 Å². The highest BCUT2D eigenvalue weighted by Crippen LogP contribution is 2.05. The van der Waals surface area contributed by atoms with Crippen LogP contribution in [0, 0.1) is 0 Å². The number of hydrogen-bond donors (Lipinski definition) is 2. The van der Waals surface area contributed by atoms with Crippen molar-refractivity contribution in [2.75, 3.05) is 13.7 Å². The summed E-state index contributed by atoms with van der Waals surface area (Å²) in [6, 6.07) is 18.0. The molecule has 154 valence electrons. The normalized spacial score (nSPS) is 11.2. The summed E-state index contributed by atoms with van der Waals surface area (Å²) in [5, 5.41) is 5.30. The molecule has 0 aliphatic rings. The molecule has 0 heterocycles. The van der Waals surface area contributed by atoms with Crippen molar-refractivity contribution in [3.05, 3.63) is 71.8 Å². The van der Waals surface area contributed by atoms with E-state index in [1.165, 1.54) is 7.11 Å². The lowest BCUT2D eigenvalue weighted by atomic mass is 10.1. The Morgan fingerprint density at radius 3 is 2.17 bits per heavy atom. The lowest BCUT2D eigenvalue weighted by Gasteiger charge is -2.16. The number of rotatable bonds is 10. The SMILES string of the molecule is COC(=O)[C@H](Cc1ccccc1)NC(=O)CCCNC(=O)OCc1ccccc1. The van der Waals surface area contributed by atoms with Gasteiger partial charge in [0.2, 0.25) is 5.91 Å². The van der Waals surface area contributed by atoms with Crippen LogP contribution in [0.25, 0.3) is 0 Å². The Morgan fingerprint density at radius 2 is 1.55 bits per heavy atom. The molecular formula is C22H26N2O5. The van der Waals surface area contributed by atoms with Gasteiger partial charge in [-0.2, -0.15) is 0 Å². The maximum atomic E-state index is 12.2. The number of carbonyl (C=O) groups is 3. The minimum Gasteiger partial charge on any atom is -0.467 e. The number of nitrogens with one attached hydrogen (secondary N) is 2. The van der Waals surface area contributed by atoms with Crippen molar-refractivity contribution in [2.24, 2.45) is 0 Å². The highest BCUT2D eigenvalue weighted by Gasteiger charge is 2.21. The maximum Gasteiger partial charge on any atom is 0.407 e. The van der Waals surface area contributed by atoms with Gasteiger partial charge in [-0.1, -0.05) is 60.7 Å². The number of benzene rings is 2. The summed E-state index contributed by atoms with van der Waals surface area (Å²) in [7, 11) is 1.29. The molecule has 2 N–H and O–H groups in total. The van der Waals surface area contributed by atoms with Crippen molar-refractivity contribution in [2.45, 2.75) is 31.9 Å². The molecular weight excluding hydrogens is 372 g/mol. The molecule has 0 aromatic heterocycles. The zero-order chi connectivity index (χ0) is 20.9. The first kappa shape index (κ1) is 21.9. The minimum absolute atomic E-state index is 0.168. The molecule has 2 aromatic rings. The van der Waals surface area contributed by atoms with Crippen molar-refractivity contribution in [1.29, 1.82) is 0 Å². The quantitative estimate of drug-likeness (QED) is 0.474. The van der Waals surface area contributed by atoms with Gasteiger partial charge in [-0.25, -0.2) is 9.59 Å². The topological polar surface area (TPSA) is 93.7 Å². The van der Waals surface area contributed by atoms with Crippen molar-refractivity contribution in [3.8, 4) is 0 Å². The molecule has 2 aromatic carbocycles. The molecule has 0 saturated heterocycles. The molecule has 7 heteroatoms. The van der Waals surface area contributed by atoms with E-state index in [1.807, 2.05) is 60.7 Å². The Hall–Kier alpha value is -3.35. The first-order valence-corrected chi connectivity index (χ1v) is 9.44. The smallest absolute Gasteiger partial charge is 0.407 e. The maximum absolute atomic E-state index is 12.2. The Balaban J connectivity index is 1.67. The Morgan fingerprint density at radius 1 is 0.931 bits per heavy atom. The van der Waals surface area contributed by atoms with E-state index in [2.05, 4.69) is 10.6 Å². The third kappa shape index (κ3) is 8.47. The second-order valence-corrected chi connectivity index (χ2v) is 6.43. The third-order valence-corrected chi connectivity index (χ3v) is 4.17. The number of amides is 2. The predicted octanol–water partition coefficient (Wildman–Crippen LogP) is 2.59. The van der Waals surface area contributed by atoms with Gasteiger partial charge in [0.15, 0.2) is 0 Å². The summed E-state index contributed by atoms with van der Waals surface area (Å²) in [5.41, 5.74) is 1.82. The van der Waals surface area contributed by atoms with E-state index >= 15 is 0 Å². The monoisotopic (exact) mass is 398 g/mol. The largest absolute Gasteiger partial charge is 0.467 e.